The van der Waals surface area contributed by atoms with Gasteiger partial charge in [0, 0.05) is 72.6 Å². The molecule has 79 heavy (non-hydrogen) atoms. The Morgan fingerprint density at radius 1 is 0.646 bits per heavy atom. The minimum Gasteiger partial charge on any atom is -0.444 e. The zero-order valence-corrected chi connectivity index (χ0v) is 47.7. The predicted octanol–water partition coefficient (Wildman–Crippen LogP) is 10.6. The second kappa shape index (κ2) is 23.1. The first kappa shape index (κ1) is 56.9. The summed E-state index contributed by atoms with van der Waals surface area (Å²) in [6.07, 6.45) is 5.83. The summed E-state index contributed by atoms with van der Waals surface area (Å²) in [5.74, 6) is 1.33. The maximum Gasteiger partial charge on any atom is 0.407 e. The zero-order chi connectivity index (χ0) is 56.3. The van der Waals surface area contributed by atoms with Crippen molar-refractivity contribution in [2.45, 2.75) is 102 Å². The molecule has 18 heteroatoms. The fourth-order valence-corrected chi connectivity index (χ4v) is 13.6. The van der Waals surface area contributed by atoms with E-state index in [1.807, 2.05) is 43.5 Å². The number of rotatable bonds is 11. The molecule has 0 unspecified atom stereocenters. The summed E-state index contributed by atoms with van der Waals surface area (Å²) in [5, 5.41) is 10.9. The fourth-order valence-electron chi connectivity index (χ4n) is 11.8. The molecule has 0 spiro atoms. The number of nitrogens with one attached hydrogen (secondary N) is 2. The molecule has 2 amide bonds. The van der Waals surface area contributed by atoms with Crippen molar-refractivity contribution in [3.63, 3.8) is 0 Å². The number of piperidine rings is 2. The van der Waals surface area contributed by atoms with Crippen LogP contribution in [0.15, 0.2) is 139 Å². The molecule has 2 aromatic heterocycles. The molecule has 4 atom stereocenters. The highest BCUT2D eigenvalue weighted by molar-refractivity contribution is 7.89. The van der Waals surface area contributed by atoms with Crippen LogP contribution in [-0.4, -0.2) is 107 Å². The van der Waals surface area contributed by atoms with Gasteiger partial charge in [-0.05, 0) is 169 Å². The van der Waals surface area contributed by atoms with Gasteiger partial charge < -0.3 is 36.5 Å². The van der Waals surface area contributed by atoms with Gasteiger partial charge >= 0.3 is 12.2 Å². The highest BCUT2D eigenvalue weighted by atomic mass is 35.5. The van der Waals surface area contributed by atoms with Crippen molar-refractivity contribution in [2.24, 2.45) is 34.1 Å². The number of hydrogen-bond acceptors (Lipinski definition) is 13. The highest BCUT2D eigenvalue weighted by Crippen LogP contribution is 2.52. The normalized spacial score (nSPS) is 20.0. The number of hydrogen-bond donors (Lipinski definition) is 4. The molecule has 0 radical (unpaired) electrons. The predicted molar refractivity (Wildman–Crippen MR) is 312 cm³/mol. The Labute approximate surface area is 469 Å². The lowest BCUT2D eigenvalue weighted by Gasteiger charge is -2.41. The number of ether oxygens (including phenoxy) is 2. The largest absolute Gasteiger partial charge is 0.444 e. The van der Waals surface area contributed by atoms with E-state index in [2.05, 4.69) is 97.2 Å². The minimum absolute atomic E-state index is 0.0439. The number of aryl methyl sites for hydroxylation is 1. The number of carbonyl (C=O) groups is 2. The Morgan fingerprint density at radius 3 is 1.62 bits per heavy atom. The number of amides is 2. The average molecular weight is 1110 g/mol. The molecular formula is C61H73ClN10O6S. The lowest BCUT2D eigenvalue weighted by molar-refractivity contribution is 0.0411. The third-order valence-electron chi connectivity index (χ3n) is 15.8. The van der Waals surface area contributed by atoms with Crippen molar-refractivity contribution in [1.29, 1.82) is 0 Å². The summed E-state index contributed by atoms with van der Waals surface area (Å²) in [7, 11) is -3.64. The molecular weight excluding hydrogens is 1040 g/mol. The maximum atomic E-state index is 13.3. The monoisotopic (exact) mass is 1110 g/mol. The van der Waals surface area contributed by atoms with Gasteiger partial charge in [-0.15, -0.1) is 0 Å². The molecule has 4 aliphatic rings. The van der Waals surface area contributed by atoms with Crippen molar-refractivity contribution in [3.8, 4) is 22.5 Å². The first-order valence-corrected chi connectivity index (χ1v) is 28.9. The van der Waals surface area contributed by atoms with Crippen LogP contribution in [0.1, 0.15) is 72.8 Å². The van der Waals surface area contributed by atoms with Crippen LogP contribution < -0.4 is 27.0 Å². The van der Waals surface area contributed by atoms with Crippen molar-refractivity contribution in [1.82, 2.24) is 34.9 Å². The van der Waals surface area contributed by atoms with Crippen molar-refractivity contribution >= 4 is 61.3 Å². The number of nitrogens with zero attached hydrogens (tertiary/aromatic N) is 6. The summed E-state index contributed by atoms with van der Waals surface area (Å²) in [6.45, 7) is 15.8. The summed E-state index contributed by atoms with van der Waals surface area (Å²) >= 11 is 5.79. The molecule has 4 fully saturated rings. The van der Waals surface area contributed by atoms with E-state index >= 15 is 0 Å². The molecule has 2 saturated carbocycles. The quantitative estimate of drug-likeness (QED) is 0.0887. The molecule has 2 aliphatic carbocycles. The van der Waals surface area contributed by atoms with Crippen molar-refractivity contribution < 1.29 is 27.5 Å². The molecule has 4 heterocycles. The molecule has 416 valence electrons. The summed E-state index contributed by atoms with van der Waals surface area (Å²) in [4.78, 5) is 45.0. The summed E-state index contributed by atoms with van der Waals surface area (Å²) in [5.41, 5.74) is 15.4. The van der Waals surface area contributed by atoms with E-state index in [0.29, 0.717) is 44.4 Å². The molecule has 11 rings (SSSR count). The van der Waals surface area contributed by atoms with Crippen LogP contribution in [0.5, 0.6) is 0 Å². The van der Waals surface area contributed by atoms with Crippen LogP contribution >= 0.6 is 11.6 Å². The van der Waals surface area contributed by atoms with Gasteiger partial charge in [-0.2, -0.15) is 4.31 Å². The molecule has 5 aromatic carbocycles. The standard InChI is InChI=1S/C25H39N3O6S.C22H25N5.C14H9ClN2/c1-17-8-10-20(11-9-17)35(31,32)28-14-18-12-19(28)13-25(18,15-26-21(29)33-23(2,3)4)16-27-22(30)34-24(5,6)7;23-13-22(14-24)11-19-10-18(22)12-27(19)21-25-8-7-20(26-21)17-6-5-15-3-1-2-4-16(15)9-17;15-14-16-8-7-13(17-14)12-6-5-10-3-1-2-4-11(10)9-12/h8-11,18-19H,12-16H2,1-7H3,(H,26,29)(H,27,30);1-9,18-19H,10-14,23-24H2;1-9H/t2*18-,19-;/m11./s1. The van der Waals surface area contributed by atoms with Gasteiger partial charge in [-0.25, -0.2) is 37.9 Å². The first-order chi connectivity index (χ1) is 37.6. The molecule has 4 bridgehead atoms. The topological polar surface area (TPSA) is 221 Å². The second-order valence-electron chi connectivity index (χ2n) is 23.5. The van der Waals surface area contributed by atoms with Gasteiger partial charge in [0.15, 0.2) is 0 Å². The van der Waals surface area contributed by atoms with Gasteiger partial charge in [-0.3, -0.25) is 0 Å². The van der Waals surface area contributed by atoms with E-state index in [1.165, 1.54) is 21.5 Å². The van der Waals surface area contributed by atoms with Crippen molar-refractivity contribution in [2.75, 3.05) is 44.2 Å². The molecule has 7 aromatic rings. The second-order valence-corrected chi connectivity index (χ2v) is 25.8. The molecule has 16 nitrogen and oxygen atoms in total. The average Bonchev–Trinajstić information content (AvgIpc) is 4.43. The van der Waals surface area contributed by atoms with E-state index in [0.717, 1.165) is 53.4 Å². The number of sulfonamides is 1. The SMILES string of the molecule is Cc1ccc(S(=O)(=O)N2C[C@H]3C[C@@H]2CC3(CNC(=O)OC(C)(C)C)CNC(=O)OC(C)(C)C)cc1.Clc1nccc(-c2ccc3ccccc3c2)n1.NCC1(CN)C[C@H]2C[C@@H]1CN2c1nccc(-c2ccc3ccccc3c2)n1. The van der Waals surface area contributed by atoms with Crippen LogP contribution in [0.4, 0.5) is 15.5 Å². The lowest BCUT2D eigenvalue weighted by atomic mass is 9.76. The smallest absolute Gasteiger partial charge is 0.407 e. The third kappa shape index (κ3) is 13.1. The van der Waals surface area contributed by atoms with Gasteiger partial charge in [0.1, 0.15) is 11.2 Å². The van der Waals surface area contributed by atoms with E-state index in [-0.39, 0.29) is 40.6 Å². The zero-order valence-electron chi connectivity index (χ0n) is 46.2. The number of alkyl carbamates (subject to hydrolysis) is 2. The van der Waals surface area contributed by atoms with Gasteiger partial charge in [0.05, 0.1) is 16.3 Å². The maximum absolute atomic E-state index is 13.3. The third-order valence-corrected chi connectivity index (χ3v) is 17.9. The van der Waals surface area contributed by atoms with E-state index in [9.17, 15) is 18.0 Å². The van der Waals surface area contributed by atoms with Crippen LogP contribution in [0.3, 0.4) is 0 Å². The summed E-state index contributed by atoms with van der Waals surface area (Å²) < 4.78 is 39.0. The number of anilines is 1. The van der Waals surface area contributed by atoms with Gasteiger partial charge in [0.2, 0.25) is 21.3 Å². The Morgan fingerprint density at radius 2 is 1.14 bits per heavy atom. The number of nitrogens with two attached hydrogens (primary N) is 2. The molecule has 6 N–H and O–H groups in total. The van der Waals surface area contributed by atoms with Crippen LogP contribution in [0.25, 0.3) is 44.1 Å². The molecule has 2 aliphatic heterocycles. The minimum atomic E-state index is -3.64. The Balaban J connectivity index is 0.000000152. The van der Waals surface area contributed by atoms with Crippen LogP contribution in [0, 0.1) is 29.6 Å². The van der Waals surface area contributed by atoms with Crippen LogP contribution in [-0.2, 0) is 19.5 Å². The number of carbonyl (C=O) groups excluding carboxylic acids is 2. The molecule has 2 saturated heterocycles. The van der Waals surface area contributed by atoms with Gasteiger partial charge in [0.25, 0.3) is 0 Å². The summed E-state index contributed by atoms with van der Waals surface area (Å²) in [6, 6.07) is 40.3. The van der Waals surface area contributed by atoms with E-state index in [1.54, 1.807) is 76.3 Å². The first-order valence-electron chi connectivity index (χ1n) is 27.0. The van der Waals surface area contributed by atoms with Crippen molar-refractivity contribution in [3.05, 3.63) is 145 Å². The number of aromatic nitrogens is 4. The Bertz CT molecular complexity index is 3390. The van der Waals surface area contributed by atoms with Gasteiger partial charge in [-0.1, -0.05) is 90.5 Å². The Kier molecular flexibility index (Phi) is 16.7. The number of halogens is 1. The number of benzene rings is 5. The number of fused-ring (bicyclic) bond motifs is 6. The lowest BCUT2D eigenvalue weighted by Crippen LogP contribution is -2.54. The van der Waals surface area contributed by atoms with E-state index < -0.39 is 38.8 Å². The van der Waals surface area contributed by atoms with Crippen LogP contribution in [0.2, 0.25) is 5.28 Å². The highest BCUT2D eigenvalue weighted by Gasteiger charge is 2.58. The van der Waals surface area contributed by atoms with E-state index in [4.69, 9.17) is 37.5 Å². The Hall–Kier alpha value is -6.76. The fraction of sp³-hybridized carbons (Fsp3) is 0.410.